The number of ether oxygens (including phenoxy) is 1. The Hall–Kier alpha value is -2.67. The van der Waals surface area contributed by atoms with Gasteiger partial charge in [0.05, 0.1) is 18.0 Å². The third-order valence-corrected chi connectivity index (χ3v) is 5.82. The Balaban J connectivity index is 1.48. The molecular weight excluding hydrogens is 378 g/mol. The molecule has 3 aromatic rings. The summed E-state index contributed by atoms with van der Waals surface area (Å²) in [6.45, 7) is 1.43. The average Bonchev–Trinajstić information content (AvgIpc) is 3.30. The van der Waals surface area contributed by atoms with Gasteiger partial charge in [-0.3, -0.25) is 0 Å². The molecular formula is C24H29N3O3. The number of nitrogens with one attached hydrogen (secondary N) is 1. The quantitative estimate of drug-likeness (QED) is 0.535. The first-order valence-corrected chi connectivity index (χ1v) is 10.5. The summed E-state index contributed by atoms with van der Waals surface area (Å²) in [6, 6.07) is 17.9. The minimum Gasteiger partial charge on any atom is -0.490 e. The van der Waals surface area contributed by atoms with Crippen molar-refractivity contribution in [2.45, 2.75) is 43.5 Å². The van der Waals surface area contributed by atoms with E-state index in [0.29, 0.717) is 38.8 Å². The highest BCUT2D eigenvalue weighted by atomic mass is 16.5. The summed E-state index contributed by atoms with van der Waals surface area (Å²) in [5, 5.41) is 25.0. The fourth-order valence-electron chi connectivity index (χ4n) is 4.01. The molecule has 2 atom stereocenters. The molecule has 1 aromatic heterocycles. The molecule has 6 heteroatoms. The molecule has 0 radical (unpaired) electrons. The van der Waals surface area contributed by atoms with Gasteiger partial charge >= 0.3 is 0 Å². The molecule has 0 saturated carbocycles. The number of aromatic nitrogens is 2. The first-order valence-electron chi connectivity index (χ1n) is 10.5. The number of imidazole rings is 1. The van der Waals surface area contributed by atoms with Crippen LogP contribution in [0.5, 0.6) is 5.75 Å². The predicted octanol–water partition coefficient (Wildman–Crippen LogP) is 2.73. The van der Waals surface area contributed by atoms with E-state index in [1.807, 2.05) is 53.2 Å². The van der Waals surface area contributed by atoms with Crippen LogP contribution in [-0.4, -0.2) is 50.7 Å². The van der Waals surface area contributed by atoms with Gasteiger partial charge in [-0.2, -0.15) is 0 Å². The second kappa shape index (κ2) is 9.43. The Morgan fingerprint density at radius 1 is 1.07 bits per heavy atom. The first-order chi connectivity index (χ1) is 14.6. The molecule has 1 aliphatic heterocycles. The summed E-state index contributed by atoms with van der Waals surface area (Å²) in [4.78, 5) is 4.08. The van der Waals surface area contributed by atoms with Crippen LogP contribution in [-0.2, 0) is 6.42 Å². The zero-order valence-electron chi connectivity index (χ0n) is 17.0. The van der Waals surface area contributed by atoms with E-state index in [1.165, 1.54) is 0 Å². The van der Waals surface area contributed by atoms with Crippen molar-refractivity contribution < 1.29 is 14.9 Å². The zero-order chi connectivity index (χ0) is 20.8. The molecule has 2 unspecified atom stereocenters. The van der Waals surface area contributed by atoms with Crippen LogP contribution >= 0.6 is 0 Å². The maximum Gasteiger partial charge on any atom is 0.119 e. The summed E-state index contributed by atoms with van der Waals surface area (Å²) in [6.07, 6.45) is 6.43. The molecule has 2 aromatic carbocycles. The third kappa shape index (κ3) is 5.08. The molecule has 1 saturated heterocycles. The van der Waals surface area contributed by atoms with E-state index in [2.05, 4.69) is 22.4 Å². The minimum atomic E-state index is -1.06. The maximum atomic E-state index is 10.9. The zero-order valence-corrected chi connectivity index (χ0v) is 17.0. The molecule has 0 spiro atoms. The lowest BCUT2D eigenvalue weighted by Gasteiger charge is -2.38. The Morgan fingerprint density at radius 2 is 1.80 bits per heavy atom. The maximum absolute atomic E-state index is 10.9. The van der Waals surface area contributed by atoms with Crippen LogP contribution in [0.15, 0.2) is 73.3 Å². The third-order valence-electron chi connectivity index (χ3n) is 5.82. The Labute approximate surface area is 177 Å². The summed E-state index contributed by atoms with van der Waals surface area (Å²) in [5.41, 5.74) is 1.08. The normalized spacial score (nSPS) is 17.9. The number of aliphatic hydroxyl groups excluding tert-OH is 1. The Morgan fingerprint density at radius 3 is 2.47 bits per heavy atom. The molecule has 30 heavy (non-hydrogen) atoms. The molecule has 0 bridgehead atoms. The number of benzene rings is 2. The van der Waals surface area contributed by atoms with E-state index in [4.69, 9.17) is 4.74 Å². The highest BCUT2D eigenvalue weighted by molar-refractivity contribution is 5.37. The summed E-state index contributed by atoms with van der Waals surface area (Å²) < 4.78 is 8.22. The topological polar surface area (TPSA) is 79.5 Å². The summed E-state index contributed by atoms with van der Waals surface area (Å²) in [7, 11) is 0. The van der Waals surface area contributed by atoms with E-state index in [-0.39, 0.29) is 6.10 Å². The van der Waals surface area contributed by atoms with Crippen molar-refractivity contribution in [2.75, 3.05) is 13.1 Å². The average molecular weight is 408 g/mol. The molecule has 6 nitrogen and oxygen atoms in total. The van der Waals surface area contributed by atoms with Crippen molar-refractivity contribution in [3.63, 3.8) is 0 Å². The lowest BCUT2D eigenvalue weighted by molar-refractivity contribution is -0.105. The van der Waals surface area contributed by atoms with Gasteiger partial charge in [-0.15, -0.1) is 0 Å². The van der Waals surface area contributed by atoms with E-state index in [1.54, 1.807) is 12.5 Å². The minimum absolute atomic E-state index is 0.250. The molecule has 158 valence electrons. The number of nitrogens with zero attached hydrogens (tertiary/aromatic N) is 2. The largest absolute Gasteiger partial charge is 0.490 e. The van der Waals surface area contributed by atoms with Crippen LogP contribution in [0, 0.1) is 0 Å². The Bertz CT molecular complexity index is 891. The smallest absolute Gasteiger partial charge is 0.119 e. The van der Waals surface area contributed by atoms with Gasteiger partial charge in [-0.1, -0.05) is 30.3 Å². The van der Waals surface area contributed by atoms with Crippen LogP contribution in [0.25, 0.3) is 5.69 Å². The number of hydrogen-bond acceptors (Lipinski definition) is 5. The van der Waals surface area contributed by atoms with Crippen LogP contribution in [0.1, 0.15) is 24.8 Å². The number of hydrogen-bond donors (Lipinski definition) is 3. The van der Waals surface area contributed by atoms with Crippen molar-refractivity contribution in [1.82, 2.24) is 14.9 Å². The first kappa shape index (κ1) is 20.6. The number of aliphatic hydroxyl groups is 2. The van der Waals surface area contributed by atoms with E-state index >= 15 is 0 Å². The van der Waals surface area contributed by atoms with Crippen LogP contribution in [0.3, 0.4) is 0 Å². The van der Waals surface area contributed by atoms with Gasteiger partial charge in [0.25, 0.3) is 0 Å². The lowest BCUT2D eigenvalue weighted by atomic mass is 9.83. The van der Waals surface area contributed by atoms with Gasteiger partial charge in [0, 0.05) is 30.9 Å². The van der Waals surface area contributed by atoms with Crippen molar-refractivity contribution in [3.8, 4) is 11.4 Å². The van der Waals surface area contributed by atoms with E-state index in [0.717, 1.165) is 17.0 Å². The predicted molar refractivity (Wildman–Crippen MR) is 116 cm³/mol. The van der Waals surface area contributed by atoms with Gasteiger partial charge in [-0.25, -0.2) is 4.98 Å². The monoisotopic (exact) mass is 407 g/mol. The highest BCUT2D eigenvalue weighted by Crippen LogP contribution is 2.28. The molecule has 2 heterocycles. The van der Waals surface area contributed by atoms with Gasteiger partial charge in [0.1, 0.15) is 11.9 Å². The van der Waals surface area contributed by atoms with Gasteiger partial charge < -0.3 is 24.8 Å². The van der Waals surface area contributed by atoms with Crippen molar-refractivity contribution in [1.29, 1.82) is 0 Å². The molecule has 4 rings (SSSR count). The molecule has 0 aliphatic carbocycles. The van der Waals surface area contributed by atoms with E-state index in [9.17, 15) is 10.2 Å². The van der Waals surface area contributed by atoms with Crippen molar-refractivity contribution in [2.24, 2.45) is 0 Å². The second-order valence-electron chi connectivity index (χ2n) is 8.00. The van der Waals surface area contributed by atoms with E-state index < -0.39 is 11.7 Å². The van der Waals surface area contributed by atoms with Crippen LogP contribution in [0.2, 0.25) is 0 Å². The fourth-order valence-corrected chi connectivity index (χ4v) is 4.01. The second-order valence-corrected chi connectivity index (χ2v) is 8.00. The van der Waals surface area contributed by atoms with Crippen LogP contribution in [0.4, 0.5) is 0 Å². The van der Waals surface area contributed by atoms with Crippen molar-refractivity contribution >= 4 is 0 Å². The SMILES string of the molecule is OC(CC(Cc1ccccc1)Oc1ccc(-n2ccnc2)cc1)C1(O)CCNCC1. The summed E-state index contributed by atoms with van der Waals surface area (Å²) in [5.74, 6) is 0.740. The van der Waals surface area contributed by atoms with Crippen LogP contribution < -0.4 is 10.1 Å². The van der Waals surface area contributed by atoms with Gasteiger partial charge in [-0.05, 0) is 55.8 Å². The molecule has 1 aliphatic rings. The van der Waals surface area contributed by atoms with Gasteiger partial charge in [0.15, 0.2) is 0 Å². The van der Waals surface area contributed by atoms with Crippen molar-refractivity contribution in [3.05, 3.63) is 78.9 Å². The molecule has 0 amide bonds. The standard InChI is InChI=1S/C24H29N3O3/c28-23(24(29)10-12-25-13-11-24)17-22(16-19-4-2-1-3-5-19)30-21-8-6-20(7-9-21)27-15-14-26-18-27/h1-9,14-15,18,22-23,25,28-29H,10-13,16-17H2. The number of piperidine rings is 1. The van der Waals surface area contributed by atoms with Gasteiger partial charge in [0.2, 0.25) is 0 Å². The Kier molecular flexibility index (Phi) is 6.47. The molecule has 3 N–H and O–H groups in total. The fraction of sp³-hybridized carbons (Fsp3) is 0.375. The molecule has 1 fully saturated rings. The highest BCUT2D eigenvalue weighted by Gasteiger charge is 2.38. The summed E-state index contributed by atoms with van der Waals surface area (Å²) >= 11 is 0. The lowest BCUT2D eigenvalue weighted by Crippen LogP contribution is -2.51. The number of rotatable bonds is 8.